The Balaban J connectivity index is 1.94. The van der Waals surface area contributed by atoms with Gasteiger partial charge in [-0.2, -0.15) is 18.2 Å². The Kier molecular flexibility index (Phi) is 9.28. The monoisotopic (exact) mass is 603 g/mol. The van der Waals surface area contributed by atoms with Gasteiger partial charge in [-0.3, -0.25) is 9.59 Å². The van der Waals surface area contributed by atoms with Crippen LogP contribution in [-0.2, 0) is 30.5 Å². The van der Waals surface area contributed by atoms with Gasteiger partial charge in [-0.25, -0.2) is 9.59 Å². The van der Waals surface area contributed by atoms with Crippen LogP contribution >= 0.6 is 0 Å². The number of fused-ring (bicyclic) bond motifs is 2. The standard InChI is InChI=1S/C29H32F3N5O6/c1-5-34(6-2)24(38)17-35-16-20(19-9-7-8-10-21(19)35)25-26(39)36(14-13-33-3)23-15-18(27(40)42-4)11-12-22(23)37(25)43-28(41)29(30,31)32/h7-12,15-16,25,33H,5-6,13-14,17H2,1-4H3. The van der Waals surface area contributed by atoms with Crippen LogP contribution in [0.1, 0.15) is 35.8 Å². The average Bonchev–Trinajstić information content (AvgIpc) is 3.34. The summed E-state index contributed by atoms with van der Waals surface area (Å²) in [7, 11) is 2.83. The highest BCUT2D eigenvalue weighted by molar-refractivity contribution is 6.09. The van der Waals surface area contributed by atoms with Gasteiger partial charge in [0.2, 0.25) is 5.91 Å². The van der Waals surface area contributed by atoms with E-state index in [2.05, 4.69) is 5.32 Å². The molecule has 1 N–H and O–H groups in total. The molecule has 11 nitrogen and oxygen atoms in total. The summed E-state index contributed by atoms with van der Waals surface area (Å²) in [5, 5.41) is 4.03. The number of alkyl halides is 3. The minimum atomic E-state index is -5.37. The number of rotatable bonds is 10. The van der Waals surface area contributed by atoms with E-state index in [0.29, 0.717) is 35.6 Å². The van der Waals surface area contributed by atoms with E-state index in [1.165, 1.54) is 36.4 Å². The normalized spacial score (nSPS) is 15.0. The molecule has 0 bridgehead atoms. The number of ether oxygens (including phenoxy) is 1. The number of hydrogen-bond acceptors (Lipinski definition) is 8. The second-order valence-corrected chi connectivity index (χ2v) is 9.69. The molecule has 0 saturated carbocycles. The SMILES string of the molecule is CCN(CC)C(=O)Cn1cc(C2C(=O)N(CCNC)c3cc(C(=O)OC)ccc3N2OC(=O)C(F)(F)F)c2ccccc21. The fraction of sp³-hybridized carbons (Fsp3) is 0.379. The number of hydroxylamine groups is 1. The first-order valence-electron chi connectivity index (χ1n) is 13.6. The second-order valence-electron chi connectivity index (χ2n) is 9.69. The number of aromatic nitrogens is 1. The second kappa shape index (κ2) is 12.7. The molecule has 1 aliphatic heterocycles. The van der Waals surface area contributed by atoms with Gasteiger partial charge in [0, 0.05) is 48.8 Å². The largest absolute Gasteiger partial charge is 0.493 e. The van der Waals surface area contributed by atoms with Gasteiger partial charge in [-0.15, -0.1) is 0 Å². The van der Waals surface area contributed by atoms with Crippen molar-refractivity contribution < 1.29 is 41.9 Å². The third-order valence-corrected chi connectivity index (χ3v) is 7.19. The summed E-state index contributed by atoms with van der Waals surface area (Å²) in [6.45, 7) is 4.93. The van der Waals surface area contributed by atoms with Crippen LogP contribution in [0.4, 0.5) is 24.5 Å². The maximum atomic E-state index is 14.2. The number of hydrogen-bond donors (Lipinski definition) is 1. The first-order valence-corrected chi connectivity index (χ1v) is 13.6. The zero-order valence-corrected chi connectivity index (χ0v) is 24.1. The quantitative estimate of drug-likeness (QED) is 0.351. The molecule has 43 heavy (non-hydrogen) atoms. The third-order valence-electron chi connectivity index (χ3n) is 7.19. The summed E-state index contributed by atoms with van der Waals surface area (Å²) >= 11 is 0. The Morgan fingerprint density at radius 1 is 1.05 bits per heavy atom. The molecule has 0 saturated heterocycles. The molecule has 0 radical (unpaired) electrons. The minimum absolute atomic E-state index is 0.0376. The lowest BCUT2D eigenvalue weighted by Gasteiger charge is -2.41. The summed E-state index contributed by atoms with van der Waals surface area (Å²) in [5.74, 6) is -4.16. The van der Waals surface area contributed by atoms with Gasteiger partial charge < -0.3 is 29.3 Å². The zero-order chi connectivity index (χ0) is 31.5. The number of carbonyl (C=O) groups is 4. The van der Waals surface area contributed by atoms with Gasteiger partial charge in [-0.1, -0.05) is 18.2 Å². The first kappa shape index (κ1) is 31.3. The van der Waals surface area contributed by atoms with E-state index in [9.17, 15) is 32.3 Å². The number of carbonyl (C=O) groups excluding carboxylic acids is 4. The molecular weight excluding hydrogens is 571 g/mol. The van der Waals surface area contributed by atoms with Gasteiger partial charge in [0.15, 0.2) is 6.04 Å². The molecule has 14 heteroatoms. The van der Waals surface area contributed by atoms with Crippen LogP contribution in [-0.4, -0.2) is 79.7 Å². The number of para-hydroxylation sites is 1. The highest BCUT2D eigenvalue weighted by atomic mass is 19.4. The molecule has 2 heterocycles. The van der Waals surface area contributed by atoms with E-state index >= 15 is 0 Å². The molecule has 230 valence electrons. The van der Waals surface area contributed by atoms with Crippen molar-refractivity contribution in [3.63, 3.8) is 0 Å². The lowest BCUT2D eigenvalue weighted by Crippen LogP contribution is -2.51. The van der Waals surface area contributed by atoms with E-state index in [1.54, 1.807) is 40.8 Å². The van der Waals surface area contributed by atoms with Crippen molar-refractivity contribution in [2.45, 2.75) is 32.6 Å². The summed E-state index contributed by atoms with van der Waals surface area (Å²) in [6.07, 6.45) is -3.85. The molecule has 2 aromatic carbocycles. The fourth-order valence-corrected chi connectivity index (χ4v) is 5.08. The van der Waals surface area contributed by atoms with E-state index in [1.807, 2.05) is 13.8 Å². The third kappa shape index (κ3) is 6.14. The topological polar surface area (TPSA) is 113 Å². The summed E-state index contributed by atoms with van der Waals surface area (Å²) in [6, 6.07) is 9.15. The van der Waals surface area contributed by atoms with Gasteiger partial charge in [0.05, 0.1) is 18.4 Å². The molecule has 1 aromatic heterocycles. The van der Waals surface area contributed by atoms with Crippen LogP contribution in [0.15, 0.2) is 48.7 Å². The number of nitrogens with zero attached hydrogens (tertiary/aromatic N) is 4. The fourth-order valence-electron chi connectivity index (χ4n) is 5.08. The molecule has 3 aromatic rings. The molecule has 0 fully saturated rings. The number of amides is 2. The highest BCUT2D eigenvalue weighted by Crippen LogP contribution is 2.45. The van der Waals surface area contributed by atoms with Crippen molar-refractivity contribution in [1.82, 2.24) is 14.8 Å². The maximum Gasteiger partial charge on any atom is 0.493 e. The predicted octanol–water partition coefficient (Wildman–Crippen LogP) is 3.43. The molecule has 1 atom stereocenters. The van der Waals surface area contributed by atoms with Gasteiger partial charge in [-0.05, 0) is 45.2 Å². The van der Waals surface area contributed by atoms with Gasteiger partial charge in [0.25, 0.3) is 5.91 Å². The van der Waals surface area contributed by atoms with Crippen LogP contribution in [0.2, 0.25) is 0 Å². The van der Waals surface area contributed by atoms with Crippen molar-refractivity contribution in [3.8, 4) is 0 Å². The van der Waals surface area contributed by atoms with E-state index in [-0.39, 0.29) is 41.5 Å². The smallest absolute Gasteiger partial charge is 0.465 e. The van der Waals surface area contributed by atoms with Gasteiger partial charge in [0.1, 0.15) is 12.2 Å². The lowest BCUT2D eigenvalue weighted by molar-refractivity contribution is -0.202. The lowest BCUT2D eigenvalue weighted by atomic mass is 9.99. The minimum Gasteiger partial charge on any atom is -0.465 e. The number of methoxy groups -OCH3 is 1. The zero-order valence-electron chi connectivity index (χ0n) is 24.1. The number of halogens is 3. The van der Waals surface area contributed by atoms with Crippen LogP contribution in [0.5, 0.6) is 0 Å². The van der Waals surface area contributed by atoms with E-state index < -0.39 is 30.1 Å². The van der Waals surface area contributed by atoms with Crippen molar-refractivity contribution in [2.24, 2.45) is 0 Å². The first-order chi connectivity index (χ1) is 20.5. The molecule has 1 aliphatic rings. The van der Waals surface area contributed by atoms with Crippen LogP contribution in [0.25, 0.3) is 10.9 Å². The highest BCUT2D eigenvalue weighted by Gasteiger charge is 2.48. The number of likely N-dealkylation sites (N-methyl/N-ethyl adjacent to an activating group) is 2. The number of nitrogens with one attached hydrogen (secondary N) is 1. The molecule has 0 spiro atoms. The number of esters is 1. The van der Waals surface area contributed by atoms with Crippen LogP contribution in [0.3, 0.4) is 0 Å². The molecular formula is C29H32F3N5O6. The van der Waals surface area contributed by atoms with Crippen LogP contribution < -0.4 is 15.3 Å². The number of benzene rings is 2. The molecule has 0 aliphatic carbocycles. The Morgan fingerprint density at radius 2 is 1.74 bits per heavy atom. The summed E-state index contributed by atoms with van der Waals surface area (Å²) in [5.41, 5.74) is 0.814. The van der Waals surface area contributed by atoms with Crippen molar-refractivity contribution in [2.75, 3.05) is 50.3 Å². The van der Waals surface area contributed by atoms with Crippen molar-refractivity contribution >= 4 is 46.0 Å². The van der Waals surface area contributed by atoms with E-state index in [0.717, 1.165) is 0 Å². The average molecular weight is 604 g/mol. The summed E-state index contributed by atoms with van der Waals surface area (Å²) < 4.78 is 46.9. The summed E-state index contributed by atoms with van der Waals surface area (Å²) in [4.78, 5) is 59.6. The Morgan fingerprint density at radius 3 is 2.37 bits per heavy atom. The van der Waals surface area contributed by atoms with E-state index in [4.69, 9.17) is 9.57 Å². The van der Waals surface area contributed by atoms with Gasteiger partial charge >= 0.3 is 18.1 Å². The number of anilines is 2. The molecule has 1 unspecified atom stereocenters. The Hall–Kier alpha value is -4.59. The molecule has 2 amide bonds. The molecule has 4 rings (SSSR count). The predicted molar refractivity (Wildman–Crippen MR) is 151 cm³/mol. The Bertz CT molecular complexity index is 1530. The van der Waals surface area contributed by atoms with Crippen molar-refractivity contribution in [1.29, 1.82) is 0 Å². The Labute approximate surface area is 245 Å². The van der Waals surface area contributed by atoms with Crippen LogP contribution in [0, 0.1) is 0 Å². The van der Waals surface area contributed by atoms with Crippen molar-refractivity contribution in [3.05, 3.63) is 59.8 Å². The maximum absolute atomic E-state index is 14.2.